The van der Waals surface area contributed by atoms with Crippen molar-refractivity contribution in [2.45, 2.75) is 6.54 Å². The maximum Gasteiger partial charge on any atom is 0.263 e. The summed E-state index contributed by atoms with van der Waals surface area (Å²) in [4.78, 5) is 15.9. The molecule has 0 unspecified atom stereocenters. The van der Waals surface area contributed by atoms with Crippen LogP contribution in [0.15, 0.2) is 66.7 Å². The smallest absolute Gasteiger partial charge is 0.263 e. The third-order valence-corrected chi connectivity index (χ3v) is 4.68. The minimum atomic E-state index is -0.260. The molecule has 1 aromatic heterocycles. The van der Waals surface area contributed by atoms with Crippen molar-refractivity contribution in [1.29, 1.82) is 0 Å². The number of hydrogen-bond acceptors (Lipinski definition) is 2. The second-order valence-corrected chi connectivity index (χ2v) is 6.40. The Bertz CT molecular complexity index is 796. The minimum Gasteiger partial charge on any atom is -0.337 e. The fraction of sp³-hybridized carbons (Fsp3) is 0.105. The van der Waals surface area contributed by atoms with E-state index in [1.165, 1.54) is 23.5 Å². The Balaban J connectivity index is 1.74. The summed E-state index contributed by atoms with van der Waals surface area (Å²) in [5.74, 6) is -0.267. The van der Waals surface area contributed by atoms with Crippen LogP contribution in [-0.2, 0) is 6.54 Å². The van der Waals surface area contributed by atoms with Gasteiger partial charge in [0.1, 0.15) is 5.82 Å². The standard InChI is InChI=1S/C19H16FNOS/c1-21(13-14-5-3-2-4-6-14)19(22)18-12-11-17(23-18)15-7-9-16(20)10-8-15/h2-12H,13H2,1H3. The summed E-state index contributed by atoms with van der Waals surface area (Å²) in [7, 11) is 1.80. The van der Waals surface area contributed by atoms with Gasteiger partial charge in [0.2, 0.25) is 0 Å². The lowest BCUT2D eigenvalue weighted by molar-refractivity contribution is 0.0790. The van der Waals surface area contributed by atoms with Gasteiger partial charge in [0, 0.05) is 18.5 Å². The lowest BCUT2D eigenvalue weighted by Crippen LogP contribution is -2.25. The fourth-order valence-electron chi connectivity index (χ4n) is 2.34. The van der Waals surface area contributed by atoms with E-state index in [1.54, 1.807) is 24.1 Å². The Hall–Kier alpha value is -2.46. The molecule has 4 heteroatoms. The van der Waals surface area contributed by atoms with Gasteiger partial charge in [-0.05, 0) is 35.4 Å². The summed E-state index contributed by atoms with van der Waals surface area (Å²) in [6.07, 6.45) is 0. The Morgan fingerprint density at radius 1 is 1.00 bits per heavy atom. The van der Waals surface area contributed by atoms with E-state index in [4.69, 9.17) is 0 Å². The van der Waals surface area contributed by atoms with Crippen LogP contribution in [0.5, 0.6) is 0 Å². The number of hydrogen-bond donors (Lipinski definition) is 0. The first-order valence-corrected chi connectivity index (χ1v) is 8.10. The molecular weight excluding hydrogens is 309 g/mol. The molecular formula is C19H16FNOS. The number of benzene rings is 2. The molecule has 2 aromatic carbocycles. The molecule has 0 atom stereocenters. The molecule has 0 radical (unpaired) electrons. The second-order valence-electron chi connectivity index (χ2n) is 5.32. The molecule has 0 fully saturated rings. The minimum absolute atomic E-state index is 0.00721. The summed E-state index contributed by atoms with van der Waals surface area (Å²) in [6, 6.07) is 19.9. The summed E-state index contributed by atoms with van der Waals surface area (Å²) in [5, 5.41) is 0. The molecule has 0 aliphatic rings. The first-order chi connectivity index (χ1) is 11.1. The molecule has 0 spiro atoms. The number of carbonyl (C=O) groups excluding carboxylic acids is 1. The first kappa shape index (κ1) is 15.4. The van der Waals surface area contributed by atoms with E-state index < -0.39 is 0 Å². The van der Waals surface area contributed by atoms with E-state index in [-0.39, 0.29) is 11.7 Å². The van der Waals surface area contributed by atoms with E-state index >= 15 is 0 Å². The summed E-state index contributed by atoms with van der Waals surface area (Å²) in [6.45, 7) is 0.573. The van der Waals surface area contributed by atoms with Crippen LogP contribution >= 0.6 is 11.3 Å². The molecule has 1 amide bonds. The SMILES string of the molecule is CN(Cc1ccccc1)C(=O)c1ccc(-c2ccc(F)cc2)s1. The molecule has 0 aliphatic carbocycles. The molecule has 0 aliphatic heterocycles. The van der Waals surface area contributed by atoms with Crippen molar-refractivity contribution in [3.05, 3.63) is 83.0 Å². The zero-order valence-electron chi connectivity index (χ0n) is 12.7. The zero-order valence-corrected chi connectivity index (χ0v) is 13.5. The van der Waals surface area contributed by atoms with Gasteiger partial charge in [0.25, 0.3) is 5.91 Å². The van der Waals surface area contributed by atoms with Crippen LogP contribution in [0.3, 0.4) is 0 Å². The summed E-state index contributed by atoms with van der Waals surface area (Å²) in [5.41, 5.74) is 2.01. The molecule has 23 heavy (non-hydrogen) atoms. The van der Waals surface area contributed by atoms with Crippen molar-refractivity contribution >= 4 is 17.2 Å². The van der Waals surface area contributed by atoms with Crippen LogP contribution in [0.1, 0.15) is 15.2 Å². The third kappa shape index (κ3) is 3.66. The van der Waals surface area contributed by atoms with Gasteiger partial charge >= 0.3 is 0 Å². The highest BCUT2D eigenvalue weighted by atomic mass is 32.1. The van der Waals surface area contributed by atoms with Gasteiger partial charge in [0.15, 0.2) is 0 Å². The monoisotopic (exact) mass is 325 g/mol. The van der Waals surface area contributed by atoms with E-state index in [2.05, 4.69) is 0 Å². The number of amides is 1. The van der Waals surface area contributed by atoms with Crippen molar-refractivity contribution in [3.8, 4) is 10.4 Å². The highest BCUT2D eigenvalue weighted by molar-refractivity contribution is 7.17. The fourth-order valence-corrected chi connectivity index (χ4v) is 3.35. The van der Waals surface area contributed by atoms with Gasteiger partial charge in [-0.15, -0.1) is 11.3 Å². The highest BCUT2D eigenvalue weighted by Crippen LogP contribution is 2.29. The Morgan fingerprint density at radius 3 is 2.39 bits per heavy atom. The number of halogens is 1. The average Bonchev–Trinajstić information content (AvgIpc) is 3.05. The molecule has 116 valence electrons. The largest absolute Gasteiger partial charge is 0.337 e. The maximum atomic E-state index is 13.0. The quantitative estimate of drug-likeness (QED) is 0.673. The van der Waals surface area contributed by atoms with E-state index in [9.17, 15) is 9.18 Å². The van der Waals surface area contributed by atoms with Crippen LogP contribution in [0.25, 0.3) is 10.4 Å². The van der Waals surface area contributed by atoms with Crippen LogP contribution in [-0.4, -0.2) is 17.9 Å². The normalized spacial score (nSPS) is 10.5. The van der Waals surface area contributed by atoms with Crippen molar-refractivity contribution < 1.29 is 9.18 Å². The Labute approximate surface area is 138 Å². The number of nitrogens with zero attached hydrogens (tertiary/aromatic N) is 1. The number of thiophene rings is 1. The predicted octanol–water partition coefficient (Wildman–Crippen LogP) is 4.83. The molecule has 2 nitrogen and oxygen atoms in total. The predicted molar refractivity (Wildman–Crippen MR) is 92.0 cm³/mol. The van der Waals surface area contributed by atoms with Gasteiger partial charge in [-0.2, -0.15) is 0 Å². The van der Waals surface area contributed by atoms with Crippen LogP contribution in [0.2, 0.25) is 0 Å². The first-order valence-electron chi connectivity index (χ1n) is 7.28. The van der Waals surface area contributed by atoms with Crippen molar-refractivity contribution in [2.24, 2.45) is 0 Å². The van der Waals surface area contributed by atoms with Crippen LogP contribution in [0, 0.1) is 5.82 Å². The molecule has 3 rings (SSSR count). The van der Waals surface area contributed by atoms with Crippen LogP contribution < -0.4 is 0 Å². The molecule has 0 saturated carbocycles. The van der Waals surface area contributed by atoms with Gasteiger partial charge in [-0.25, -0.2) is 4.39 Å². The molecule has 3 aromatic rings. The van der Waals surface area contributed by atoms with E-state index in [0.717, 1.165) is 16.0 Å². The lowest BCUT2D eigenvalue weighted by atomic mass is 10.2. The zero-order chi connectivity index (χ0) is 16.2. The van der Waals surface area contributed by atoms with Gasteiger partial charge in [-0.3, -0.25) is 4.79 Å². The maximum absolute atomic E-state index is 13.0. The van der Waals surface area contributed by atoms with Crippen molar-refractivity contribution in [1.82, 2.24) is 4.90 Å². The van der Waals surface area contributed by atoms with E-state index in [1.807, 2.05) is 42.5 Å². The van der Waals surface area contributed by atoms with Crippen molar-refractivity contribution in [3.63, 3.8) is 0 Å². The van der Waals surface area contributed by atoms with Crippen molar-refractivity contribution in [2.75, 3.05) is 7.05 Å². The molecule has 0 N–H and O–H groups in total. The van der Waals surface area contributed by atoms with Gasteiger partial charge in [0.05, 0.1) is 4.88 Å². The molecule has 0 bridgehead atoms. The second kappa shape index (κ2) is 6.75. The third-order valence-electron chi connectivity index (χ3n) is 3.55. The molecule has 0 saturated heterocycles. The topological polar surface area (TPSA) is 20.3 Å². The van der Waals surface area contributed by atoms with Crippen LogP contribution in [0.4, 0.5) is 4.39 Å². The molecule has 1 heterocycles. The van der Waals surface area contributed by atoms with Gasteiger partial charge in [-0.1, -0.05) is 42.5 Å². The number of carbonyl (C=O) groups is 1. The Kier molecular flexibility index (Phi) is 4.53. The average molecular weight is 325 g/mol. The van der Waals surface area contributed by atoms with E-state index in [0.29, 0.717) is 11.4 Å². The highest BCUT2D eigenvalue weighted by Gasteiger charge is 2.15. The Morgan fingerprint density at radius 2 is 1.70 bits per heavy atom. The van der Waals surface area contributed by atoms with Gasteiger partial charge < -0.3 is 4.90 Å². The number of rotatable bonds is 4. The summed E-state index contributed by atoms with van der Waals surface area (Å²) < 4.78 is 13.0. The lowest BCUT2D eigenvalue weighted by Gasteiger charge is -2.16. The summed E-state index contributed by atoms with van der Waals surface area (Å²) >= 11 is 1.43.